The van der Waals surface area contributed by atoms with E-state index in [1.54, 1.807) is 0 Å². The van der Waals surface area contributed by atoms with Crippen molar-refractivity contribution in [2.24, 2.45) is 0 Å². The quantitative estimate of drug-likeness (QED) is 0.155. The van der Waals surface area contributed by atoms with Crippen LogP contribution in [0.2, 0.25) is 0 Å². The molecule has 7 heteroatoms. The van der Waals surface area contributed by atoms with Gasteiger partial charge in [0.1, 0.15) is 6.33 Å². The van der Waals surface area contributed by atoms with Gasteiger partial charge in [-0.2, -0.15) is 0 Å². The number of rotatable bonds is 6. The third kappa shape index (κ3) is 8.83. The Morgan fingerprint density at radius 3 is 2.02 bits per heavy atom. The molecule has 59 heavy (non-hydrogen) atoms. The van der Waals surface area contributed by atoms with E-state index in [-0.39, 0.29) is 48.3 Å². The Morgan fingerprint density at radius 2 is 1.44 bits per heavy atom. The Balaban J connectivity index is 0.000000317. The molecule has 0 atom stereocenters. The molecule has 0 bridgehead atoms. The zero-order valence-electron chi connectivity index (χ0n) is 39.3. The Bertz CT molecular complexity index is 2810. The smallest absolute Gasteiger partial charge is 0.228 e. The number of fused-ring (bicyclic) bond motifs is 5. The van der Waals surface area contributed by atoms with Crippen LogP contribution in [0.5, 0.6) is 0 Å². The second-order valence-corrected chi connectivity index (χ2v) is 18.2. The predicted octanol–water partition coefficient (Wildman–Crippen LogP) is 14.5. The normalized spacial score (nSPS) is 13.1. The van der Waals surface area contributed by atoms with Crippen LogP contribution in [0.15, 0.2) is 94.2 Å². The molecule has 4 heterocycles. The summed E-state index contributed by atoms with van der Waals surface area (Å²) in [5.41, 5.74) is 12.2. The number of benzene rings is 4. The summed E-state index contributed by atoms with van der Waals surface area (Å²) in [6.45, 7) is 23.7. The Kier molecular flexibility index (Phi) is 11.3. The van der Waals surface area contributed by atoms with Crippen LogP contribution in [0, 0.1) is 19.0 Å². The third-order valence-corrected chi connectivity index (χ3v) is 10.7. The molecular weight excluding hydrogens is 905 g/mol. The largest absolute Gasteiger partial charge is 0.498 e. The summed E-state index contributed by atoms with van der Waals surface area (Å²) in [7, 11) is 0. The number of aromatic nitrogens is 4. The SMILES string of the molecule is CC(C)(C)c1ccc(-c2[c-]cccc2)nc1.[2H]C([2H])([2H])c1c[c-]c(-c2cc(C(C)(C)C)ncn2)c2oc3c(ccc4oc(-c5c(C(C)C)cc(C(C)C)cc5C(C)C)nc43)c12.[Ir]. The monoisotopic (exact) mass is 964 g/mol. The van der Waals surface area contributed by atoms with E-state index in [1.165, 1.54) is 34.6 Å². The molecular formula is C52H56IrN4O2-2. The van der Waals surface area contributed by atoms with Gasteiger partial charge in [-0.1, -0.05) is 131 Å². The van der Waals surface area contributed by atoms with Gasteiger partial charge in [0.25, 0.3) is 0 Å². The molecule has 1 radical (unpaired) electrons. The number of nitrogens with zero attached hydrogens (tertiary/aromatic N) is 4. The van der Waals surface area contributed by atoms with Crippen molar-refractivity contribution in [3.05, 3.63) is 131 Å². The minimum absolute atomic E-state index is 0. The van der Waals surface area contributed by atoms with E-state index >= 15 is 0 Å². The fourth-order valence-electron chi connectivity index (χ4n) is 7.22. The second-order valence-electron chi connectivity index (χ2n) is 18.2. The van der Waals surface area contributed by atoms with E-state index in [1.807, 2.05) is 48.7 Å². The molecule has 0 saturated carbocycles. The Hall–Kier alpha value is -4.97. The summed E-state index contributed by atoms with van der Waals surface area (Å²) < 4.78 is 38.1. The number of pyridine rings is 1. The van der Waals surface area contributed by atoms with Crippen molar-refractivity contribution >= 4 is 33.0 Å². The van der Waals surface area contributed by atoms with Gasteiger partial charge in [0, 0.05) is 52.5 Å². The van der Waals surface area contributed by atoms with Gasteiger partial charge in [0.15, 0.2) is 16.7 Å². The van der Waals surface area contributed by atoms with Crippen LogP contribution >= 0.6 is 0 Å². The fraction of sp³-hybridized carbons (Fsp3) is 0.346. The molecule has 0 amide bonds. The molecule has 0 aliphatic rings. The van der Waals surface area contributed by atoms with Crippen molar-refractivity contribution in [1.29, 1.82) is 0 Å². The summed E-state index contributed by atoms with van der Waals surface area (Å²) >= 11 is 0. The van der Waals surface area contributed by atoms with Crippen LogP contribution in [0.3, 0.4) is 0 Å². The van der Waals surface area contributed by atoms with Crippen molar-refractivity contribution in [3.8, 4) is 34.0 Å². The van der Waals surface area contributed by atoms with Gasteiger partial charge in [-0.05, 0) is 68.9 Å². The van der Waals surface area contributed by atoms with Crippen molar-refractivity contribution in [2.45, 2.75) is 119 Å². The summed E-state index contributed by atoms with van der Waals surface area (Å²) in [6.07, 6.45) is 3.48. The van der Waals surface area contributed by atoms with E-state index in [0.29, 0.717) is 56.1 Å². The van der Waals surface area contributed by atoms with Gasteiger partial charge < -0.3 is 13.8 Å². The van der Waals surface area contributed by atoms with Gasteiger partial charge in [-0.25, -0.2) is 9.97 Å². The third-order valence-electron chi connectivity index (χ3n) is 10.7. The van der Waals surface area contributed by atoms with Crippen LogP contribution in [-0.2, 0) is 30.9 Å². The summed E-state index contributed by atoms with van der Waals surface area (Å²) in [6, 6.07) is 30.2. The molecule has 0 aliphatic carbocycles. The van der Waals surface area contributed by atoms with Gasteiger partial charge in [-0.3, -0.25) is 4.98 Å². The second kappa shape index (κ2) is 16.9. The summed E-state index contributed by atoms with van der Waals surface area (Å²) in [4.78, 5) is 18.6. The van der Waals surface area contributed by atoms with E-state index < -0.39 is 6.85 Å². The Labute approximate surface area is 367 Å². The molecule has 6 nitrogen and oxygen atoms in total. The molecule has 4 aromatic carbocycles. The first-order valence-corrected chi connectivity index (χ1v) is 20.3. The fourth-order valence-corrected chi connectivity index (χ4v) is 7.22. The molecule has 0 N–H and O–H groups in total. The van der Waals surface area contributed by atoms with Crippen molar-refractivity contribution < 1.29 is 33.1 Å². The van der Waals surface area contributed by atoms with E-state index in [9.17, 15) is 0 Å². The van der Waals surface area contributed by atoms with Gasteiger partial charge in [0.2, 0.25) is 5.89 Å². The maximum atomic E-state index is 8.33. The Morgan fingerprint density at radius 1 is 0.712 bits per heavy atom. The number of oxazole rings is 1. The van der Waals surface area contributed by atoms with Crippen molar-refractivity contribution in [2.75, 3.05) is 0 Å². The summed E-state index contributed by atoms with van der Waals surface area (Å²) in [5, 5.41) is 1.17. The zero-order chi connectivity index (χ0) is 44.2. The maximum absolute atomic E-state index is 8.33. The minimum atomic E-state index is -2.38. The number of hydrogen-bond acceptors (Lipinski definition) is 6. The van der Waals surface area contributed by atoms with Crippen LogP contribution in [0.25, 0.3) is 67.0 Å². The minimum Gasteiger partial charge on any atom is -0.498 e. The molecule has 8 aromatic rings. The molecule has 0 saturated heterocycles. The molecule has 0 fully saturated rings. The summed E-state index contributed by atoms with van der Waals surface area (Å²) in [5.74, 6) is 1.43. The van der Waals surface area contributed by atoms with Gasteiger partial charge >= 0.3 is 0 Å². The van der Waals surface area contributed by atoms with Crippen LogP contribution < -0.4 is 0 Å². The number of hydrogen-bond donors (Lipinski definition) is 0. The first kappa shape index (κ1) is 39.5. The average Bonchev–Trinajstić information content (AvgIpc) is 3.82. The van der Waals surface area contributed by atoms with Gasteiger partial charge in [0.05, 0.1) is 5.58 Å². The van der Waals surface area contributed by atoms with E-state index in [0.717, 1.165) is 22.5 Å². The average molecular weight is 964 g/mol. The van der Waals surface area contributed by atoms with E-state index in [4.69, 9.17) is 17.9 Å². The van der Waals surface area contributed by atoms with Crippen LogP contribution in [-0.4, -0.2) is 19.9 Å². The maximum Gasteiger partial charge on any atom is 0.228 e. The molecule has 4 aromatic heterocycles. The van der Waals surface area contributed by atoms with Crippen LogP contribution in [0.1, 0.15) is 138 Å². The molecule has 0 spiro atoms. The molecule has 0 unspecified atom stereocenters. The van der Waals surface area contributed by atoms with E-state index in [2.05, 4.69) is 134 Å². The zero-order valence-corrected chi connectivity index (χ0v) is 38.6. The molecule has 8 rings (SSSR count). The van der Waals surface area contributed by atoms with Crippen LogP contribution in [0.4, 0.5) is 0 Å². The van der Waals surface area contributed by atoms with Crippen molar-refractivity contribution in [1.82, 2.24) is 19.9 Å². The number of aryl methyl sites for hydroxylation is 1. The predicted molar refractivity (Wildman–Crippen MR) is 239 cm³/mol. The van der Waals surface area contributed by atoms with Gasteiger partial charge in [-0.15, -0.1) is 53.6 Å². The number of furan rings is 1. The molecule has 307 valence electrons. The van der Waals surface area contributed by atoms with Crippen molar-refractivity contribution in [3.63, 3.8) is 0 Å². The standard InChI is InChI=1S/C37H40N3O2.C15H16N.Ir/c1-19(2)23-15-26(20(3)4)32(27(16-23)21(5)6)36-40-33-29(41-36)14-13-25-31-22(7)11-12-24(34(31)42-35(25)33)28-17-30(37(8,9)10)39-18-38-28;1-15(2,3)13-9-10-14(16-11-13)12-7-5-4-6-8-12;/h11,13-21H,1-10H3;4-7,9-11H,1-3H3;/q2*-1;/i7D3;;. The first-order chi connectivity index (χ1) is 28.6. The molecule has 0 aliphatic heterocycles. The topological polar surface area (TPSA) is 77.8 Å². The first-order valence-electron chi connectivity index (χ1n) is 21.8.